The smallest absolute Gasteiger partial charge is 0.156 e. The molecule has 2 aromatic rings. The zero-order valence-corrected chi connectivity index (χ0v) is 11.2. The first kappa shape index (κ1) is 13.1. The van der Waals surface area contributed by atoms with E-state index in [1.807, 2.05) is 18.2 Å². The highest BCUT2D eigenvalue weighted by atomic mass is 16.5. The molecule has 1 aromatic heterocycles. The number of nitrogens with one attached hydrogen (secondary N) is 1. The number of nitrogens with two attached hydrogens (primary N) is 1. The number of H-pyrrole nitrogens is 1. The van der Waals surface area contributed by atoms with Crippen LogP contribution < -0.4 is 10.5 Å². The van der Waals surface area contributed by atoms with Crippen molar-refractivity contribution in [1.82, 2.24) is 10.2 Å². The third-order valence-corrected chi connectivity index (χ3v) is 3.09. The van der Waals surface area contributed by atoms with Crippen LogP contribution in [-0.2, 0) is 0 Å². The largest absolute Gasteiger partial charge is 0.496 e. The average molecular weight is 259 g/mol. The first-order valence-electron chi connectivity index (χ1n) is 6.05. The number of carbonyl (C=O) groups excluding carboxylic acids is 1. The van der Waals surface area contributed by atoms with E-state index in [2.05, 4.69) is 24.0 Å². The van der Waals surface area contributed by atoms with E-state index in [0.29, 0.717) is 23.5 Å². The molecule has 19 heavy (non-hydrogen) atoms. The Morgan fingerprint density at radius 2 is 2.16 bits per heavy atom. The Morgan fingerprint density at radius 3 is 2.74 bits per heavy atom. The summed E-state index contributed by atoms with van der Waals surface area (Å²) in [4.78, 5) is 11.1. The molecule has 1 heterocycles. The van der Waals surface area contributed by atoms with Crippen molar-refractivity contribution in [2.75, 3.05) is 12.8 Å². The van der Waals surface area contributed by atoms with Crippen molar-refractivity contribution >= 4 is 12.1 Å². The summed E-state index contributed by atoms with van der Waals surface area (Å²) in [6.45, 7) is 4.17. The maximum absolute atomic E-state index is 11.1. The van der Waals surface area contributed by atoms with Crippen molar-refractivity contribution in [2.45, 2.75) is 19.8 Å². The van der Waals surface area contributed by atoms with Gasteiger partial charge in [-0.25, -0.2) is 0 Å². The van der Waals surface area contributed by atoms with Crippen LogP contribution in [0.15, 0.2) is 18.2 Å². The Morgan fingerprint density at radius 1 is 1.42 bits per heavy atom. The number of benzene rings is 1. The minimum Gasteiger partial charge on any atom is -0.496 e. The lowest BCUT2D eigenvalue weighted by molar-refractivity contribution is 0.112. The van der Waals surface area contributed by atoms with Gasteiger partial charge in [-0.15, -0.1) is 0 Å². The predicted molar refractivity (Wildman–Crippen MR) is 74.5 cm³/mol. The molecule has 0 fully saturated rings. The third kappa shape index (κ3) is 2.31. The molecule has 100 valence electrons. The van der Waals surface area contributed by atoms with Crippen LogP contribution in [0.4, 0.5) is 5.82 Å². The number of aromatic amines is 1. The van der Waals surface area contributed by atoms with Crippen LogP contribution in [0.2, 0.25) is 0 Å². The van der Waals surface area contributed by atoms with Gasteiger partial charge >= 0.3 is 0 Å². The van der Waals surface area contributed by atoms with Crippen molar-refractivity contribution in [3.05, 3.63) is 29.3 Å². The second-order valence-corrected chi connectivity index (χ2v) is 4.63. The van der Waals surface area contributed by atoms with Crippen molar-refractivity contribution in [3.63, 3.8) is 0 Å². The van der Waals surface area contributed by atoms with E-state index in [4.69, 9.17) is 10.5 Å². The van der Waals surface area contributed by atoms with Gasteiger partial charge in [0.1, 0.15) is 5.75 Å². The summed E-state index contributed by atoms with van der Waals surface area (Å²) in [5, 5.41) is 6.67. The SMILES string of the molecule is COc1ccc(-c2[nH]nc(N)c2C=O)cc1C(C)C. The highest BCUT2D eigenvalue weighted by Crippen LogP contribution is 2.32. The molecule has 0 aliphatic rings. The highest BCUT2D eigenvalue weighted by molar-refractivity contribution is 5.91. The van der Waals surface area contributed by atoms with E-state index >= 15 is 0 Å². The van der Waals surface area contributed by atoms with Gasteiger partial charge in [-0.3, -0.25) is 9.89 Å². The summed E-state index contributed by atoms with van der Waals surface area (Å²) in [6.07, 6.45) is 0.716. The van der Waals surface area contributed by atoms with Gasteiger partial charge in [-0.05, 0) is 29.7 Å². The number of rotatable bonds is 4. The van der Waals surface area contributed by atoms with Crippen molar-refractivity contribution in [1.29, 1.82) is 0 Å². The van der Waals surface area contributed by atoms with Gasteiger partial charge in [0, 0.05) is 5.56 Å². The number of nitrogens with zero attached hydrogens (tertiary/aromatic N) is 1. The van der Waals surface area contributed by atoms with Gasteiger partial charge in [-0.1, -0.05) is 13.8 Å². The summed E-state index contributed by atoms with van der Waals surface area (Å²) >= 11 is 0. The molecular weight excluding hydrogens is 242 g/mol. The molecule has 0 unspecified atom stereocenters. The zero-order chi connectivity index (χ0) is 14.0. The predicted octanol–water partition coefficient (Wildman–Crippen LogP) is 2.60. The van der Waals surface area contributed by atoms with Crippen molar-refractivity contribution in [2.24, 2.45) is 0 Å². The standard InChI is InChI=1S/C14H17N3O2/c1-8(2)10-6-9(4-5-12(10)19-3)13-11(7-18)14(15)17-16-13/h4-8H,1-3H3,(H3,15,16,17). The van der Waals surface area contributed by atoms with Crippen molar-refractivity contribution < 1.29 is 9.53 Å². The Kier molecular flexibility index (Phi) is 3.55. The van der Waals surface area contributed by atoms with Crippen LogP contribution in [0.5, 0.6) is 5.75 Å². The first-order chi connectivity index (χ1) is 9.08. The zero-order valence-electron chi connectivity index (χ0n) is 11.2. The maximum Gasteiger partial charge on any atom is 0.156 e. The molecule has 0 aliphatic heterocycles. The minimum absolute atomic E-state index is 0.215. The van der Waals surface area contributed by atoms with E-state index in [1.165, 1.54) is 0 Å². The fourth-order valence-electron chi connectivity index (χ4n) is 2.05. The average Bonchev–Trinajstić information content (AvgIpc) is 2.78. The summed E-state index contributed by atoms with van der Waals surface area (Å²) in [7, 11) is 1.64. The lowest BCUT2D eigenvalue weighted by Crippen LogP contribution is -1.96. The molecule has 5 nitrogen and oxygen atoms in total. The first-order valence-corrected chi connectivity index (χ1v) is 6.05. The molecule has 1 aromatic carbocycles. The number of hydrogen-bond donors (Lipinski definition) is 2. The molecule has 0 radical (unpaired) electrons. The number of methoxy groups -OCH3 is 1. The van der Waals surface area contributed by atoms with Crippen LogP contribution >= 0.6 is 0 Å². The summed E-state index contributed by atoms with van der Waals surface area (Å²) < 4.78 is 5.34. The van der Waals surface area contributed by atoms with Crippen LogP contribution in [0.25, 0.3) is 11.3 Å². The topological polar surface area (TPSA) is 81.0 Å². The molecule has 0 atom stereocenters. The third-order valence-electron chi connectivity index (χ3n) is 3.09. The van der Waals surface area contributed by atoms with Crippen LogP contribution in [0.3, 0.4) is 0 Å². The molecular formula is C14H17N3O2. The number of anilines is 1. The Balaban J connectivity index is 2.57. The van der Waals surface area contributed by atoms with Crippen LogP contribution in [0, 0.1) is 0 Å². The van der Waals surface area contributed by atoms with Crippen LogP contribution in [0.1, 0.15) is 35.7 Å². The van der Waals surface area contributed by atoms with E-state index < -0.39 is 0 Å². The highest BCUT2D eigenvalue weighted by Gasteiger charge is 2.15. The number of carbonyl (C=O) groups is 1. The molecule has 2 rings (SSSR count). The maximum atomic E-state index is 11.1. The van der Waals surface area contributed by atoms with Crippen LogP contribution in [-0.4, -0.2) is 23.6 Å². The lowest BCUT2D eigenvalue weighted by atomic mass is 9.97. The summed E-state index contributed by atoms with van der Waals surface area (Å²) in [6, 6.07) is 5.75. The number of aldehydes is 1. The van der Waals surface area contributed by atoms with Gasteiger partial charge in [0.2, 0.25) is 0 Å². The van der Waals surface area contributed by atoms with E-state index in [0.717, 1.165) is 16.9 Å². The number of ether oxygens (including phenoxy) is 1. The second kappa shape index (κ2) is 5.14. The normalized spacial score (nSPS) is 10.7. The van der Waals surface area contributed by atoms with Gasteiger partial charge < -0.3 is 10.5 Å². The van der Waals surface area contributed by atoms with E-state index in [-0.39, 0.29) is 5.82 Å². The Bertz CT molecular complexity index is 603. The molecule has 0 bridgehead atoms. The minimum atomic E-state index is 0.215. The van der Waals surface area contributed by atoms with Gasteiger partial charge in [0.05, 0.1) is 18.4 Å². The summed E-state index contributed by atoms with van der Waals surface area (Å²) in [5.41, 5.74) is 8.61. The molecule has 0 saturated carbocycles. The lowest BCUT2D eigenvalue weighted by Gasteiger charge is -2.13. The monoisotopic (exact) mass is 259 g/mol. The molecule has 5 heteroatoms. The quantitative estimate of drug-likeness (QED) is 0.827. The molecule has 0 aliphatic carbocycles. The molecule has 0 spiro atoms. The number of hydrogen-bond acceptors (Lipinski definition) is 4. The fourth-order valence-corrected chi connectivity index (χ4v) is 2.05. The van der Waals surface area contributed by atoms with Gasteiger partial charge in [-0.2, -0.15) is 5.10 Å². The van der Waals surface area contributed by atoms with Crippen molar-refractivity contribution in [3.8, 4) is 17.0 Å². The summed E-state index contributed by atoms with van der Waals surface area (Å²) in [5.74, 6) is 1.36. The Hall–Kier alpha value is -2.30. The number of nitrogen functional groups attached to an aromatic ring is 1. The molecule has 0 amide bonds. The van der Waals surface area contributed by atoms with Gasteiger partial charge in [0.15, 0.2) is 12.1 Å². The fraction of sp³-hybridized carbons (Fsp3) is 0.286. The Labute approximate surface area is 111 Å². The molecule has 0 saturated heterocycles. The second-order valence-electron chi connectivity index (χ2n) is 4.63. The molecule has 3 N–H and O–H groups in total. The van der Waals surface area contributed by atoms with E-state index in [9.17, 15) is 4.79 Å². The van der Waals surface area contributed by atoms with E-state index in [1.54, 1.807) is 7.11 Å². The van der Waals surface area contributed by atoms with Gasteiger partial charge in [0.25, 0.3) is 0 Å². The number of aromatic nitrogens is 2.